The Bertz CT molecular complexity index is 510. The fourth-order valence-electron chi connectivity index (χ4n) is 3.28. The molecule has 0 aliphatic carbocycles. The molecule has 1 amide bonds. The lowest BCUT2D eigenvalue weighted by Gasteiger charge is -2.31. The van der Waals surface area contributed by atoms with Crippen molar-refractivity contribution in [1.82, 2.24) is 15.2 Å². The number of oxazole rings is 1. The largest absolute Gasteiger partial charge is 0.444 e. The van der Waals surface area contributed by atoms with Crippen molar-refractivity contribution in [2.75, 3.05) is 32.8 Å². The van der Waals surface area contributed by atoms with Gasteiger partial charge in [-0.25, -0.2) is 4.98 Å². The first-order valence-electron chi connectivity index (χ1n) is 8.62. The third kappa shape index (κ3) is 4.32. The Hall–Kier alpha value is -1.40. The fraction of sp³-hybridized carbons (Fsp3) is 0.765. The molecular weight excluding hydrogens is 294 g/mol. The van der Waals surface area contributed by atoms with Crippen molar-refractivity contribution < 1.29 is 13.9 Å². The molecule has 128 valence electrons. The zero-order valence-electron chi connectivity index (χ0n) is 14.1. The lowest BCUT2D eigenvalue weighted by atomic mass is 9.96. The molecule has 0 radical (unpaired) electrons. The normalized spacial score (nSPS) is 23.3. The number of aryl methyl sites for hydroxylation is 2. The average Bonchev–Trinajstić information content (AvgIpc) is 3.17. The Balaban J connectivity index is 1.37. The highest BCUT2D eigenvalue weighted by molar-refractivity contribution is 5.78. The summed E-state index contributed by atoms with van der Waals surface area (Å²) in [6.45, 7) is 8.88. The third-order valence-corrected chi connectivity index (χ3v) is 5.00. The standard InChI is InChI=1S/C17H27N3O3/c1-12-13(2)23-16(19-12)10-20-6-3-14(4-7-20)9-18-17(21)15-5-8-22-11-15/h14-15H,3-11H2,1-2H3,(H,18,21). The Morgan fingerprint density at radius 3 is 2.70 bits per heavy atom. The quantitative estimate of drug-likeness (QED) is 0.893. The summed E-state index contributed by atoms with van der Waals surface area (Å²) in [6, 6.07) is 0. The van der Waals surface area contributed by atoms with Crippen LogP contribution in [-0.4, -0.2) is 48.6 Å². The van der Waals surface area contributed by atoms with E-state index >= 15 is 0 Å². The molecule has 1 atom stereocenters. The first-order valence-corrected chi connectivity index (χ1v) is 8.62. The van der Waals surface area contributed by atoms with Gasteiger partial charge in [0.25, 0.3) is 0 Å². The summed E-state index contributed by atoms with van der Waals surface area (Å²) in [5.41, 5.74) is 0.980. The zero-order valence-corrected chi connectivity index (χ0v) is 14.1. The number of carbonyl (C=O) groups excluding carboxylic acids is 1. The minimum atomic E-state index is 0.0617. The van der Waals surface area contributed by atoms with Gasteiger partial charge in [0.1, 0.15) is 5.76 Å². The summed E-state index contributed by atoms with van der Waals surface area (Å²) in [6.07, 6.45) is 3.08. The van der Waals surface area contributed by atoms with E-state index in [0.717, 1.165) is 69.4 Å². The molecule has 2 fully saturated rings. The van der Waals surface area contributed by atoms with Crippen LogP contribution >= 0.6 is 0 Å². The minimum Gasteiger partial charge on any atom is -0.444 e. The van der Waals surface area contributed by atoms with E-state index in [9.17, 15) is 4.79 Å². The van der Waals surface area contributed by atoms with Crippen LogP contribution in [0.4, 0.5) is 0 Å². The van der Waals surface area contributed by atoms with Crippen LogP contribution in [0.15, 0.2) is 4.42 Å². The number of nitrogens with zero attached hydrogens (tertiary/aromatic N) is 2. The molecular formula is C17H27N3O3. The number of piperidine rings is 1. The predicted octanol–water partition coefficient (Wildman–Crippen LogP) is 1.66. The van der Waals surface area contributed by atoms with Gasteiger partial charge in [-0.15, -0.1) is 0 Å². The summed E-state index contributed by atoms with van der Waals surface area (Å²) in [7, 11) is 0. The molecule has 2 aliphatic rings. The molecule has 3 heterocycles. The number of carbonyl (C=O) groups is 1. The van der Waals surface area contributed by atoms with Gasteiger partial charge in [0.15, 0.2) is 0 Å². The zero-order chi connectivity index (χ0) is 16.2. The lowest BCUT2D eigenvalue weighted by Crippen LogP contribution is -2.40. The van der Waals surface area contributed by atoms with Gasteiger partial charge in [0.2, 0.25) is 11.8 Å². The number of amides is 1. The lowest BCUT2D eigenvalue weighted by molar-refractivity contribution is -0.125. The van der Waals surface area contributed by atoms with Crippen molar-refractivity contribution in [3.05, 3.63) is 17.3 Å². The first-order chi connectivity index (χ1) is 11.1. The molecule has 0 spiro atoms. The van der Waals surface area contributed by atoms with E-state index < -0.39 is 0 Å². The van der Waals surface area contributed by atoms with Crippen LogP contribution in [0.5, 0.6) is 0 Å². The fourth-order valence-corrected chi connectivity index (χ4v) is 3.28. The second-order valence-corrected chi connectivity index (χ2v) is 6.77. The van der Waals surface area contributed by atoms with Crippen LogP contribution in [0, 0.1) is 25.7 Å². The van der Waals surface area contributed by atoms with E-state index in [4.69, 9.17) is 9.15 Å². The smallest absolute Gasteiger partial charge is 0.225 e. The first kappa shape index (κ1) is 16.5. The molecule has 1 aromatic heterocycles. The van der Waals surface area contributed by atoms with Crippen molar-refractivity contribution in [3.8, 4) is 0 Å². The van der Waals surface area contributed by atoms with Crippen molar-refractivity contribution in [2.24, 2.45) is 11.8 Å². The van der Waals surface area contributed by atoms with Crippen LogP contribution in [-0.2, 0) is 16.1 Å². The number of hydrogen-bond donors (Lipinski definition) is 1. The Morgan fingerprint density at radius 2 is 2.09 bits per heavy atom. The number of likely N-dealkylation sites (tertiary alicyclic amines) is 1. The van der Waals surface area contributed by atoms with Gasteiger partial charge in [-0.3, -0.25) is 9.69 Å². The van der Waals surface area contributed by atoms with E-state index in [2.05, 4.69) is 15.2 Å². The highest BCUT2D eigenvalue weighted by atomic mass is 16.5. The van der Waals surface area contributed by atoms with Crippen molar-refractivity contribution in [1.29, 1.82) is 0 Å². The van der Waals surface area contributed by atoms with Crippen molar-refractivity contribution in [2.45, 2.75) is 39.7 Å². The van der Waals surface area contributed by atoms with Gasteiger partial charge in [-0.05, 0) is 52.1 Å². The highest BCUT2D eigenvalue weighted by Gasteiger charge is 2.25. The summed E-state index contributed by atoms with van der Waals surface area (Å²) >= 11 is 0. The summed E-state index contributed by atoms with van der Waals surface area (Å²) < 4.78 is 10.9. The number of aromatic nitrogens is 1. The number of nitrogens with one attached hydrogen (secondary N) is 1. The maximum absolute atomic E-state index is 12.0. The number of rotatable bonds is 5. The van der Waals surface area contributed by atoms with Gasteiger partial charge < -0.3 is 14.5 Å². The highest BCUT2D eigenvalue weighted by Crippen LogP contribution is 2.20. The van der Waals surface area contributed by atoms with Gasteiger partial charge in [-0.2, -0.15) is 0 Å². The molecule has 23 heavy (non-hydrogen) atoms. The van der Waals surface area contributed by atoms with Crippen molar-refractivity contribution >= 4 is 5.91 Å². The minimum absolute atomic E-state index is 0.0617. The van der Waals surface area contributed by atoms with Crippen LogP contribution in [0.1, 0.15) is 36.6 Å². The van der Waals surface area contributed by atoms with E-state index in [1.807, 2.05) is 13.8 Å². The van der Waals surface area contributed by atoms with E-state index in [1.54, 1.807) is 0 Å². The molecule has 3 rings (SSSR count). The molecule has 2 saturated heterocycles. The molecule has 0 saturated carbocycles. The monoisotopic (exact) mass is 321 g/mol. The average molecular weight is 321 g/mol. The van der Waals surface area contributed by atoms with Crippen LogP contribution in [0.3, 0.4) is 0 Å². The van der Waals surface area contributed by atoms with Crippen molar-refractivity contribution in [3.63, 3.8) is 0 Å². The van der Waals surface area contributed by atoms with Gasteiger partial charge in [0, 0.05) is 13.2 Å². The SMILES string of the molecule is Cc1nc(CN2CCC(CNC(=O)C3CCOC3)CC2)oc1C. The van der Waals surface area contributed by atoms with Gasteiger partial charge in [0.05, 0.1) is 24.8 Å². The third-order valence-electron chi connectivity index (χ3n) is 5.00. The molecule has 2 aliphatic heterocycles. The number of ether oxygens (including phenoxy) is 1. The molecule has 1 N–H and O–H groups in total. The number of hydrogen-bond acceptors (Lipinski definition) is 5. The second kappa shape index (κ2) is 7.45. The van der Waals surface area contributed by atoms with Gasteiger partial charge in [-0.1, -0.05) is 0 Å². The molecule has 0 bridgehead atoms. The Morgan fingerprint density at radius 1 is 1.30 bits per heavy atom. The van der Waals surface area contributed by atoms with Gasteiger partial charge >= 0.3 is 0 Å². The summed E-state index contributed by atoms with van der Waals surface area (Å²) in [5, 5.41) is 3.10. The molecule has 6 nitrogen and oxygen atoms in total. The Labute approximate surface area is 137 Å². The topological polar surface area (TPSA) is 67.6 Å². The second-order valence-electron chi connectivity index (χ2n) is 6.77. The van der Waals surface area contributed by atoms with E-state index in [0.29, 0.717) is 12.5 Å². The van der Waals surface area contributed by atoms with E-state index in [1.165, 1.54) is 0 Å². The molecule has 6 heteroatoms. The summed E-state index contributed by atoms with van der Waals surface area (Å²) in [5.74, 6) is 2.52. The van der Waals surface area contributed by atoms with Crippen LogP contribution in [0.2, 0.25) is 0 Å². The van der Waals surface area contributed by atoms with Crippen LogP contribution in [0.25, 0.3) is 0 Å². The molecule has 1 unspecified atom stereocenters. The predicted molar refractivity (Wildman–Crippen MR) is 85.9 cm³/mol. The Kier molecular flexibility index (Phi) is 5.33. The molecule has 1 aromatic rings. The maximum Gasteiger partial charge on any atom is 0.225 e. The van der Waals surface area contributed by atoms with Crippen LogP contribution < -0.4 is 5.32 Å². The summed E-state index contributed by atoms with van der Waals surface area (Å²) in [4.78, 5) is 18.8. The molecule has 0 aromatic carbocycles. The van der Waals surface area contributed by atoms with E-state index in [-0.39, 0.29) is 11.8 Å². The maximum atomic E-state index is 12.0.